The van der Waals surface area contributed by atoms with Crippen LogP contribution in [0.3, 0.4) is 0 Å². The first-order valence-electron chi connectivity index (χ1n) is 3.49. The van der Waals surface area contributed by atoms with Crippen LogP contribution in [0.25, 0.3) is 0 Å². The zero-order valence-electron chi connectivity index (χ0n) is 5.89. The number of nitrogens with one attached hydrogen (secondary N) is 2. The van der Waals surface area contributed by atoms with Crippen molar-refractivity contribution in [2.45, 2.75) is 0 Å². The van der Waals surface area contributed by atoms with Gasteiger partial charge in [-0.3, -0.25) is 0 Å². The Morgan fingerprint density at radius 3 is 2.82 bits per heavy atom. The fraction of sp³-hybridized carbons (Fsp3) is 0.286. The summed E-state index contributed by atoms with van der Waals surface area (Å²) in [5.74, 6) is 0. The maximum atomic E-state index is 5.70. The Labute approximate surface area is 69.8 Å². The molecule has 0 radical (unpaired) electrons. The Hall–Kier alpha value is -0.960. The van der Waals surface area contributed by atoms with Crippen molar-refractivity contribution in [2.75, 3.05) is 23.7 Å². The number of pyridine rings is 1. The molecule has 0 unspecified atom stereocenters. The molecule has 0 saturated carbocycles. The van der Waals surface area contributed by atoms with Gasteiger partial charge in [0.2, 0.25) is 0 Å². The minimum absolute atomic E-state index is 0.528. The Bertz CT molecular complexity index is 274. The second-order valence-electron chi connectivity index (χ2n) is 2.41. The summed E-state index contributed by atoms with van der Waals surface area (Å²) >= 11 is 5.70. The minimum Gasteiger partial charge on any atom is -0.381 e. The van der Waals surface area contributed by atoms with Crippen LogP contribution >= 0.6 is 11.6 Å². The number of hydrogen-bond acceptors (Lipinski definition) is 3. The molecule has 0 atom stereocenters. The normalized spacial score (nSPS) is 14.6. The highest BCUT2D eigenvalue weighted by molar-refractivity contribution is 6.29. The van der Waals surface area contributed by atoms with Crippen molar-refractivity contribution in [3.63, 3.8) is 0 Å². The molecule has 11 heavy (non-hydrogen) atoms. The third-order valence-electron chi connectivity index (χ3n) is 1.63. The van der Waals surface area contributed by atoms with E-state index in [0.29, 0.717) is 5.15 Å². The fourth-order valence-corrected chi connectivity index (χ4v) is 1.27. The van der Waals surface area contributed by atoms with E-state index in [0.717, 1.165) is 24.5 Å². The van der Waals surface area contributed by atoms with Crippen molar-refractivity contribution in [3.05, 3.63) is 17.4 Å². The quantitative estimate of drug-likeness (QED) is 0.579. The van der Waals surface area contributed by atoms with Gasteiger partial charge in [0, 0.05) is 19.2 Å². The Morgan fingerprint density at radius 2 is 2.00 bits per heavy atom. The SMILES string of the molecule is Clc1cc2c(cn1)NCCN2. The van der Waals surface area contributed by atoms with Crippen molar-refractivity contribution in [2.24, 2.45) is 0 Å². The van der Waals surface area contributed by atoms with Crippen LogP contribution in [-0.2, 0) is 0 Å². The molecule has 0 saturated heterocycles. The van der Waals surface area contributed by atoms with Crippen LogP contribution in [0.1, 0.15) is 0 Å². The summed E-state index contributed by atoms with van der Waals surface area (Å²) in [6.07, 6.45) is 1.74. The molecule has 0 amide bonds. The zero-order chi connectivity index (χ0) is 7.68. The molecule has 2 rings (SSSR count). The van der Waals surface area contributed by atoms with Crippen LogP contribution in [0.15, 0.2) is 12.3 Å². The summed E-state index contributed by atoms with van der Waals surface area (Å²) in [6.45, 7) is 1.88. The van der Waals surface area contributed by atoms with Gasteiger partial charge in [0.15, 0.2) is 0 Å². The van der Waals surface area contributed by atoms with Gasteiger partial charge >= 0.3 is 0 Å². The molecule has 0 fully saturated rings. The maximum absolute atomic E-state index is 5.70. The summed E-state index contributed by atoms with van der Waals surface area (Å²) in [6, 6.07) is 1.82. The van der Waals surface area contributed by atoms with E-state index in [-0.39, 0.29) is 0 Å². The minimum atomic E-state index is 0.528. The first-order valence-corrected chi connectivity index (χ1v) is 3.87. The summed E-state index contributed by atoms with van der Waals surface area (Å²) in [7, 11) is 0. The van der Waals surface area contributed by atoms with Gasteiger partial charge in [-0.25, -0.2) is 4.98 Å². The zero-order valence-corrected chi connectivity index (χ0v) is 6.65. The van der Waals surface area contributed by atoms with Gasteiger partial charge in [-0.2, -0.15) is 0 Å². The average Bonchev–Trinajstić information content (AvgIpc) is 2.04. The predicted octanol–water partition coefficient (Wildman–Crippen LogP) is 1.57. The standard InChI is InChI=1S/C7H8ClN3/c8-7-3-5-6(4-11-7)10-2-1-9-5/h3-4,9-10H,1-2H2. The average molecular weight is 170 g/mol. The molecular weight excluding hydrogens is 162 g/mol. The second-order valence-corrected chi connectivity index (χ2v) is 2.79. The van der Waals surface area contributed by atoms with Gasteiger partial charge in [-0.05, 0) is 0 Å². The molecular formula is C7H8ClN3. The van der Waals surface area contributed by atoms with E-state index >= 15 is 0 Å². The van der Waals surface area contributed by atoms with Crippen molar-refractivity contribution in [1.82, 2.24) is 4.98 Å². The number of nitrogens with zero attached hydrogens (tertiary/aromatic N) is 1. The molecule has 58 valence electrons. The summed E-state index contributed by atoms with van der Waals surface area (Å²) in [4.78, 5) is 3.96. The monoisotopic (exact) mass is 169 g/mol. The van der Waals surface area contributed by atoms with Gasteiger partial charge in [0.25, 0.3) is 0 Å². The lowest BCUT2D eigenvalue weighted by Crippen LogP contribution is -2.20. The van der Waals surface area contributed by atoms with Crippen LogP contribution in [0.5, 0.6) is 0 Å². The van der Waals surface area contributed by atoms with E-state index in [1.54, 1.807) is 6.20 Å². The molecule has 2 N–H and O–H groups in total. The van der Waals surface area contributed by atoms with Gasteiger partial charge in [0.05, 0.1) is 17.6 Å². The van der Waals surface area contributed by atoms with E-state index in [1.807, 2.05) is 6.07 Å². The molecule has 4 heteroatoms. The third kappa shape index (κ3) is 1.24. The second kappa shape index (κ2) is 2.58. The van der Waals surface area contributed by atoms with E-state index in [9.17, 15) is 0 Å². The van der Waals surface area contributed by atoms with Crippen LogP contribution < -0.4 is 10.6 Å². The molecule has 3 nitrogen and oxygen atoms in total. The largest absolute Gasteiger partial charge is 0.381 e. The lowest BCUT2D eigenvalue weighted by molar-refractivity contribution is 1.04. The molecule has 0 spiro atoms. The van der Waals surface area contributed by atoms with Crippen LogP contribution in [0, 0.1) is 0 Å². The lowest BCUT2D eigenvalue weighted by atomic mass is 10.3. The van der Waals surface area contributed by atoms with Crippen LogP contribution in [0.4, 0.5) is 11.4 Å². The molecule has 0 bridgehead atoms. The molecule has 1 aliphatic heterocycles. The smallest absolute Gasteiger partial charge is 0.131 e. The van der Waals surface area contributed by atoms with E-state index in [1.165, 1.54) is 0 Å². The molecule has 2 heterocycles. The topological polar surface area (TPSA) is 37.0 Å². The maximum Gasteiger partial charge on any atom is 0.131 e. The predicted molar refractivity (Wildman–Crippen MR) is 46.2 cm³/mol. The first kappa shape index (κ1) is 6.73. The molecule has 1 aliphatic rings. The number of hydrogen-bond donors (Lipinski definition) is 2. The number of fused-ring (bicyclic) bond motifs is 1. The van der Waals surface area contributed by atoms with Crippen molar-refractivity contribution in [1.29, 1.82) is 0 Å². The van der Waals surface area contributed by atoms with Crippen molar-refractivity contribution in [3.8, 4) is 0 Å². The van der Waals surface area contributed by atoms with E-state index < -0.39 is 0 Å². The Kier molecular flexibility index (Phi) is 1.58. The van der Waals surface area contributed by atoms with Crippen LogP contribution in [-0.4, -0.2) is 18.1 Å². The van der Waals surface area contributed by atoms with E-state index in [2.05, 4.69) is 15.6 Å². The van der Waals surface area contributed by atoms with Crippen molar-refractivity contribution >= 4 is 23.0 Å². The third-order valence-corrected chi connectivity index (χ3v) is 1.83. The highest BCUT2D eigenvalue weighted by Crippen LogP contribution is 2.24. The highest BCUT2D eigenvalue weighted by atomic mass is 35.5. The summed E-state index contributed by atoms with van der Waals surface area (Å²) in [5.41, 5.74) is 2.07. The van der Waals surface area contributed by atoms with Crippen molar-refractivity contribution < 1.29 is 0 Å². The van der Waals surface area contributed by atoms with Gasteiger partial charge in [0.1, 0.15) is 5.15 Å². The first-order chi connectivity index (χ1) is 5.36. The molecule has 0 aromatic carbocycles. The summed E-state index contributed by atoms with van der Waals surface area (Å²) < 4.78 is 0. The number of aromatic nitrogens is 1. The van der Waals surface area contributed by atoms with Gasteiger partial charge in [-0.1, -0.05) is 11.6 Å². The molecule has 0 aliphatic carbocycles. The molecule has 1 aromatic rings. The highest BCUT2D eigenvalue weighted by Gasteiger charge is 2.07. The summed E-state index contributed by atoms with van der Waals surface area (Å²) in [5, 5.41) is 6.95. The number of halogens is 1. The number of anilines is 2. The Balaban J connectivity index is 2.43. The molecule has 1 aromatic heterocycles. The lowest BCUT2D eigenvalue weighted by Gasteiger charge is -2.18. The Morgan fingerprint density at radius 1 is 1.27 bits per heavy atom. The number of rotatable bonds is 0. The van der Waals surface area contributed by atoms with Crippen LogP contribution in [0.2, 0.25) is 5.15 Å². The fourth-order valence-electron chi connectivity index (χ4n) is 1.11. The van der Waals surface area contributed by atoms with Gasteiger partial charge < -0.3 is 10.6 Å². The van der Waals surface area contributed by atoms with Gasteiger partial charge in [-0.15, -0.1) is 0 Å². The van der Waals surface area contributed by atoms with E-state index in [4.69, 9.17) is 11.6 Å².